The Hall–Kier alpha value is -2.20. The molecule has 0 spiro atoms. The number of nitrogens with one attached hydrogen (secondary N) is 1. The maximum absolute atomic E-state index is 10.6. The van der Waals surface area contributed by atoms with Gasteiger partial charge < -0.3 is 10.1 Å². The van der Waals surface area contributed by atoms with Gasteiger partial charge in [-0.25, -0.2) is 4.98 Å². The molecule has 1 aliphatic carbocycles. The third-order valence-electron chi connectivity index (χ3n) is 3.48. The summed E-state index contributed by atoms with van der Waals surface area (Å²) < 4.78 is 5.45. The standard InChI is InChI=1S/C12H14N4O3/c1-19-12(3-2-4-12)8-15-11-9(6-13)5-10(7-14-11)16(17)18/h5,7H,2-4,8H2,1H3,(H,14,15). The number of hydrogen-bond acceptors (Lipinski definition) is 6. The van der Waals surface area contributed by atoms with Crippen molar-refractivity contribution in [2.24, 2.45) is 0 Å². The Morgan fingerprint density at radius 2 is 2.42 bits per heavy atom. The van der Waals surface area contributed by atoms with Crippen LogP contribution >= 0.6 is 0 Å². The highest BCUT2D eigenvalue weighted by Crippen LogP contribution is 2.35. The first kappa shape index (κ1) is 13.2. The molecule has 0 bridgehead atoms. The van der Waals surface area contributed by atoms with Crippen LogP contribution in [0.15, 0.2) is 12.3 Å². The van der Waals surface area contributed by atoms with Crippen LogP contribution in [0.3, 0.4) is 0 Å². The second-order valence-electron chi connectivity index (χ2n) is 4.55. The van der Waals surface area contributed by atoms with Gasteiger partial charge in [-0.05, 0) is 19.3 Å². The zero-order valence-electron chi connectivity index (χ0n) is 10.5. The molecule has 0 saturated heterocycles. The molecular weight excluding hydrogens is 248 g/mol. The molecule has 0 aliphatic heterocycles. The third-order valence-corrected chi connectivity index (χ3v) is 3.48. The average Bonchev–Trinajstić information content (AvgIpc) is 2.37. The smallest absolute Gasteiger partial charge is 0.289 e. The van der Waals surface area contributed by atoms with Crippen LogP contribution in [-0.2, 0) is 4.74 Å². The maximum atomic E-state index is 10.6. The largest absolute Gasteiger partial charge is 0.376 e. The van der Waals surface area contributed by atoms with Crippen LogP contribution in [0.2, 0.25) is 0 Å². The lowest BCUT2D eigenvalue weighted by Crippen LogP contribution is -2.45. The molecule has 1 aromatic heterocycles. The third kappa shape index (κ3) is 2.63. The monoisotopic (exact) mass is 262 g/mol. The lowest BCUT2D eigenvalue weighted by molar-refractivity contribution is -0.385. The molecule has 0 amide bonds. The van der Waals surface area contributed by atoms with Crippen molar-refractivity contribution in [3.05, 3.63) is 27.9 Å². The molecule has 0 aromatic carbocycles. The molecular formula is C12H14N4O3. The summed E-state index contributed by atoms with van der Waals surface area (Å²) in [6.07, 6.45) is 4.19. The predicted octanol–water partition coefficient (Wildman–Crippen LogP) is 1.84. The fraction of sp³-hybridized carbons (Fsp3) is 0.500. The van der Waals surface area contributed by atoms with Gasteiger partial charge in [0.05, 0.1) is 10.5 Å². The van der Waals surface area contributed by atoms with Gasteiger partial charge in [-0.15, -0.1) is 0 Å². The maximum Gasteiger partial charge on any atom is 0.289 e. The Labute approximate surface area is 110 Å². The summed E-state index contributed by atoms with van der Waals surface area (Å²) in [5, 5.41) is 22.7. The Morgan fingerprint density at radius 3 is 2.89 bits per heavy atom. The lowest BCUT2D eigenvalue weighted by atomic mass is 9.80. The van der Waals surface area contributed by atoms with Gasteiger partial charge in [0.2, 0.25) is 0 Å². The number of hydrogen-bond donors (Lipinski definition) is 1. The van der Waals surface area contributed by atoms with Gasteiger partial charge in [0, 0.05) is 19.7 Å². The number of anilines is 1. The van der Waals surface area contributed by atoms with E-state index in [1.807, 2.05) is 6.07 Å². The number of ether oxygens (including phenoxy) is 1. The summed E-state index contributed by atoms with van der Waals surface area (Å²) in [4.78, 5) is 14.0. The zero-order chi connectivity index (χ0) is 13.9. The Bertz CT molecular complexity index is 529. The molecule has 0 unspecified atom stereocenters. The van der Waals surface area contributed by atoms with Crippen LogP contribution in [0.1, 0.15) is 24.8 Å². The summed E-state index contributed by atoms with van der Waals surface area (Å²) in [6, 6.07) is 3.13. The highest BCUT2D eigenvalue weighted by Gasteiger charge is 2.37. The Morgan fingerprint density at radius 1 is 1.68 bits per heavy atom. The van der Waals surface area contributed by atoms with E-state index in [4.69, 9.17) is 10.00 Å². The van der Waals surface area contributed by atoms with Gasteiger partial charge in [0.1, 0.15) is 23.6 Å². The second kappa shape index (κ2) is 5.20. The van der Waals surface area contributed by atoms with Crippen molar-refractivity contribution in [1.82, 2.24) is 4.98 Å². The number of aromatic nitrogens is 1. The second-order valence-corrected chi connectivity index (χ2v) is 4.55. The van der Waals surface area contributed by atoms with E-state index < -0.39 is 4.92 Å². The van der Waals surface area contributed by atoms with Crippen molar-refractivity contribution < 1.29 is 9.66 Å². The first-order chi connectivity index (χ1) is 9.10. The highest BCUT2D eigenvalue weighted by molar-refractivity contribution is 5.55. The molecule has 1 heterocycles. The van der Waals surface area contributed by atoms with E-state index in [0.29, 0.717) is 12.4 Å². The molecule has 0 radical (unpaired) electrons. The fourth-order valence-corrected chi connectivity index (χ4v) is 2.05. The Kier molecular flexibility index (Phi) is 3.62. The quantitative estimate of drug-likeness (QED) is 0.641. The normalized spacial score (nSPS) is 16.2. The molecule has 100 valence electrons. The summed E-state index contributed by atoms with van der Waals surface area (Å²) >= 11 is 0. The van der Waals surface area contributed by atoms with Crippen LogP contribution in [0.4, 0.5) is 11.5 Å². The minimum Gasteiger partial charge on any atom is -0.376 e. The van der Waals surface area contributed by atoms with E-state index in [1.54, 1.807) is 7.11 Å². The Balaban J connectivity index is 2.12. The van der Waals surface area contributed by atoms with E-state index in [2.05, 4.69) is 10.3 Å². The molecule has 7 nitrogen and oxygen atoms in total. The van der Waals surface area contributed by atoms with E-state index in [-0.39, 0.29) is 16.9 Å². The molecule has 1 fully saturated rings. The summed E-state index contributed by atoms with van der Waals surface area (Å²) in [6.45, 7) is 0.545. The minimum absolute atomic E-state index is 0.166. The van der Waals surface area contributed by atoms with Crippen molar-refractivity contribution in [3.8, 4) is 6.07 Å². The van der Waals surface area contributed by atoms with Crippen LogP contribution in [0.25, 0.3) is 0 Å². The molecule has 1 aromatic rings. The van der Waals surface area contributed by atoms with Crippen molar-refractivity contribution in [2.45, 2.75) is 24.9 Å². The van der Waals surface area contributed by atoms with E-state index in [9.17, 15) is 10.1 Å². The van der Waals surface area contributed by atoms with E-state index in [0.717, 1.165) is 25.5 Å². The van der Waals surface area contributed by atoms with Gasteiger partial charge in [-0.2, -0.15) is 5.26 Å². The SMILES string of the molecule is COC1(CNc2ncc([N+](=O)[O-])cc2C#N)CCC1. The first-order valence-corrected chi connectivity index (χ1v) is 5.94. The number of nitriles is 1. The van der Waals surface area contributed by atoms with Crippen molar-refractivity contribution >= 4 is 11.5 Å². The lowest BCUT2D eigenvalue weighted by Gasteiger charge is -2.40. The minimum atomic E-state index is -0.569. The van der Waals surface area contributed by atoms with Crippen LogP contribution in [0.5, 0.6) is 0 Å². The van der Waals surface area contributed by atoms with E-state index in [1.165, 1.54) is 6.07 Å². The highest BCUT2D eigenvalue weighted by atomic mass is 16.6. The van der Waals surface area contributed by atoms with Gasteiger partial charge in [-0.1, -0.05) is 0 Å². The number of pyridine rings is 1. The van der Waals surface area contributed by atoms with Crippen molar-refractivity contribution in [2.75, 3.05) is 19.0 Å². The number of nitrogens with zero attached hydrogens (tertiary/aromatic N) is 3. The molecule has 1 aliphatic rings. The van der Waals surface area contributed by atoms with Gasteiger partial charge in [0.25, 0.3) is 5.69 Å². The topological polar surface area (TPSA) is 101 Å². The molecule has 19 heavy (non-hydrogen) atoms. The predicted molar refractivity (Wildman–Crippen MR) is 67.7 cm³/mol. The molecule has 0 atom stereocenters. The number of rotatable bonds is 5. The van der Waals surface area contributed by atoms with E-state index >= 15 is 0 Å². The first-order valence-electron chi connectivity index (χ1n) is 5.94. The van der Waals surface area contributed by atoms with Gasteiger partial charge in [0.15, 0.2) is 0 Å². The van der Waals surface area contributed by atoms with Crippen molar-refractivity contribution in [3.63, 3.8) is 0 Å². The number of methoxy groups -OCH3 is 1. The van der Waals surface area contributed by atoms with Crippen LogP contribution in [-0.4, -0.2) is 29.2 Å². The molecule has 2 rings (SSSR count). The van der Waals surface area contributed by atoms with Gasteiger partial charge in [-0.3, -0.25) is 10.1 Å². The van der Waals surface area contributed by atoms with Crippen molar-refractivity contribution in [1.29, 1.82) is 5.26 Å². The van der Waals surface area contributed by atoms with Gasteiger partial charge >= 0.3 is 0 Å². The zero-order valence-corrected chi connectivity index (χ0v) is 10.5. The molecule has 1 saturated carbocycles. The summed E-state index contributed by atoms with van der Waals surface area (Å²) in [5.74, 6) is 0.358. The molecule has 7 heteroatoms. The summed E-state index contributed by atoms with van der Waals surface area (Å²) in [7, 11) is 1.66. The molecule has 1 N–H and O–H groups in total. The number of nitro groups is 1. The average molecular weight is 262 g/mol. The van der Waals surface area contributed by atoms with Crippen LogP contribution in [0, 0.1) is 21.4 Å². The van der Waals surface area contributed by atoms with Crippen LogP contribution < -0.4 is 5.32 Å². The summed E-state index contributed by atoms with van der Waals surface area (Å²) in [5.41, 5.74) is -0.220. The fourth-order valence-electron chi connectivity index (χ4n) is 2.05.